The molecule has 0 saturated heterocycles. The normalized spacial score (nSPS) is 11.7. The predicted octanol–water partition coefficient (Wildman–Crippen LogP) is 4.50. The summed E-state index contributed by atoms with van der Waals surface area (Å²) in [6.07, 6.45) is -3.83. The summed E-state index contributed by atoms with van der Waals surface area (Å²) in [5.74, 6) is -2.30. The van der Waals surface area contributed by atoms with Crippen molar-refractivity contribution >= 4 is 16.9 Å². The van der Waals surface area contributed by atoms with E-state index in [1.807, 2.05) is 0 Å². The van der Waals surface area contributed by atoms with Gasteiger partial charge in [-0.05, 0) is 35.4 Å². The standard InChI is InChI=1S/C17H11F4NO3/c18-16-12(9-2-1-3-11(6-9)25-17(19,20)21)4-5-13-15(16)10(8-22-13)7-14(23)24/h1-6,8,22H,7H2,(H,23,24). The second-order valence-corrected chi connectivity index (χ2v) is 5.31. The van der Waals surface area contributed by atoms with Crippen LogP contribution in [0.5, 0.6) is 5.75 Å². The van der Waals surface area contributed by atoms with E-state index in [-0.39, 0.29) is 28.5 Å². The number of ether oxygens (including phenoxy) is 1. The fourth-order valence-electron chi connectivity index (χ4n) is 2.63. The van der Waals surface area contributed by atoms with Gasteiger partial charge in [0.25, 0.3) is 0 Å². The van der Waals surface area contributed by atoms with Gasteiger partial charge in [-0.2, -0.15) is 0 Å². The first-order valence-corrected chi connectivity index (χ1v) is 7.11. The zero-order valence-corrected chi connectivity index (χ0v) is 12.5. The number of aromatic nitrogens is 1. The minimum Gasteiger partial charge on any atom is -0.481 e. The van der Waals surface area contributed by atoms with E-state index in [0.29, 0.717) is 5.52 Å². The topological polar surface area (TPSA) is 62.3 Å². The van der Waals surface area contributed by atoms with Gasteiger partial charge in [0.2, 0.25) is 0 Å². The Kier molecular flexibility index (Phi) is 4.12. The van der Waals surface area contributed by atoms with Gasteiger partial charge in [-0.25, -0.2) is 4.39 Å². The summed E-state index contributed by atoms with van der Waals surface area (Å²) in [6, 6.07) is 7.88. The van der Waals surface area contributed by atoms with Gasteiger partial charge in [0.05, 0.1) is 6.42 Å². The van der Waals surface area contributed by atoms with Gasteiger partial charge >= 0.3 is 12.3 Å². The fraction of sp³-hybridized carbons (Fsp3) is 0.118. The molecule has 2 N–H and O–H groups in total. The zero-order valence-electron chi connectivity index (χ0n) is 12.5. The molecule has 0 atom stereocenters. The van der Waals surface area contributed by atoms with Crippen LogP contribution >= 0.6 is 0 Å². The molecule has 1 aromatic heterocycles. The maximum atomic E-state index is 14.9. The van der Waals surface area contributed by atoms with Crippen LogP contribution in [0.3, 0.4) is 0 Å². The summed E-state index contributed by atoms with van der Waals surface area (Å²) < 4.78 is 55.8. The summed E-state index contributed by atoms with van der Waals surface area (Å²) in [5.41, 5.74) is 0.889. The first kappa shape index (κ1) is 16.8. The van der Waals surface area contributed by atoms with Crippen LogP contribution in [0.25, 0.3) is 22.0 Å². The van der Waals surface area contributed by atoms with Crippen LogP contribution in [-0.2, 0) is 11.2 Å². The van der Waals surface area contributed by atoms with Crippen molar-refractivity contribution in [3.8, 4) is 16.9 Å². The molecular weight excluding hydrogens is 342 g/mol. The molecule has 0 saturated carbocycles. The second-order valence-electron chi connectivity index (χ2n) is 5.31. The Labute approximate surface area is 138 Å². The van der Waals surface area contributed by atoms with Crippen molar-refractivity contribution in [3.63, 3.8) is 0 Å². The molecule has 8 heteroatoms. The molecule has 0 bridgehead atoms. The first-order chi connectivity index (χ1) is 11.7. The molecule has 0 radical (unpaired) electrons. The number of carboxylic acids is 1. The lowest BCUT2D eigenvalue weighted by Crippen LogP contribution is -2.17. The number of aliphatic carboxylic acids is 1. The Bertz CT molecular complexity index is 947. The number of hydrogen-bond acceptors (Lipinski definition) is 2. The minimum absolute atomic E-state index is 0.0476. The molecule has 0 spiro atoms. The minimum atomic E-state index is -4.85. The molecule has 3 aromatic rings. The lowest BCUT2D eigenvalue weighted by Gasteiger charge is -2.11. The van der Waals surface area contributed by atoms with E-state index < -0.39 is 23.9 Å². The van der Waals surface area contributed by atoms with Crippen molar-refractivity contribution in [3.05, 3.63) is 54.0 Å². The lowest BCUT2D eigenvalue weighted by molar-refractivity contribution is -0.274. The molecule has 0 amide bonds. The Hall–Kier alpha value is -3.03. The number of hydrogen-bond donors (Lipinski definition) is 2. The molecule has 130 valence electrons. The summed E-state index contributed by atoms with van der Waals surface area (Å²) in [5, 5.41) is 9.01. The van der Waals surface area contributed by atoms with E-state index in [9.17, 15) is 22.4 Å². The van der Waals surface area contributed by atoms with Gasteiger partial charge in [0, 0.05) is 22.7 Å². The number of H-pyrrole nitrogens is 1. The van der Waals surface area contributed by atoms with Crippen molar-refractivity contribution in [2.75, 3.05) is 0 Å². The number of alkyl halides is 3. The van der Waals surface area contributed by atoms with Crippen molar-refractivity contribution < 1.29 is 32.2 Å². The molecular formula is C17H11F4NO3. The van der Waals surface area contributed by atoms with Crippen molar-refractivity contribution in [1.82, 2.24) is 4.98 Å². The maximum absolute atomic E-state index is 14.9. The SMILES string of the molecule is O=C(O)Cc1c[nH]c2ccc(-c3cccc(OC(F)(F)F)c3)c(F)c12. The second kappa shape index (κ2) is 6.12. The summed E-state index contributed by atoms with van der Waals surface area (Å²) in [4.78, 5) is 13.7. The maximum Gasteiger partial charge on any atom is 0.573 e. The van der Waals surface area contributed by atoms with Crippen LogP contribution in [0.2, 0.25) is 0 Å². The number of carbonyl (C=O) groups is 1. The Morgan fingerprint density at radius 3 is 2.64 bits per heavy atom. The third-order valence-corrected chi connectivity index (χ3v) is 3.59. The quantitative estimate of drug-likeness (QED) is 0.679. The Morgan fingerprint density at radius 2 is 1.96 bits per heavy atom. The highest BCUT2D eigenvalue weighted by atomic mass is 19.4. The van der Waals surface area contributed by atoms with Crippen LogP contribution in [0.15, 0.2) is 42.6 Å². The molecule has 0 aliphatic heterocycles. The molecule has 25 heavy (non-hydrogen) atoms. The molecule has 0 fully saturated rings. The predicted molar refractivity (Wildman–Crippen MR) is 81.7 cm³/mol. The first-order valence-electron chi connectivity index (χ1n) is 7.11. The number of fused-ring (bicyclic) bond motifs is 1. The van der Waals surface area contributed by atoms with E-state index in [0.717, 1.165) is 12.1 Å². The van der Waals surface area contributed by atoms with Crippen LogP contribution in [-0.4, -0.2) is 22.4 Å². The fourth-order valence-corrected chi connectivity index (χ4v) is 2.63. The van der Waals surface area contributed by atoms with E-state index in [4.69, 9.17) is 5.11 Å². The number of halogens is 4. The van der Waals surface area contributed by atoms with E-state index >= 15 is 0 Å². The number of carboxylic acid groups (broad SMARTS) is 1. The third kappa shape index (κ3) is 3.57. The van der Waals surface area contributed by atoms with Crippen molar-refractivity contribution in [2.45, 2.75) is 12.8 Å². The molecule has 0 aliphatic carbocycles. The van der Waals surface area contributed by atoms with E-state index in [1.54, 1.807) is 0 Å². The monoisotopic (exact) mass is 353 g/mol. The van der Waals surface area contributed by atoms with Crippen LogP contribution in [0, 0.1) is 5.82 Å². The van der Waals surface area contributed by atoms with Crippen molar-refractivity contribution in [2.24, 2.45) is 0 Å². The number of nitrogens with one attached hydrogen (secondary N) is 1. The van der Waals surface area contributed by atoms with Crippen LogP contribution in [0.4, 0.5) is 17.6 Å². The lowest BCUT2D eigenvalue weighted by atomic mass is 10.0. The highest BCUT2D eigenvalue weighted by Crippen LogP contribution is 2.33. The zero-order chi connectivity index (χ0) is 18.2. The highest BCUT2D eigenvalue weighted by molar-refractivity contribution is 5.91. The van der Waals surface area contributed by atoms with Crippen LogP contribution < -0.4 is 4.74 Å². The smallest absolute Gasteiger partial charge is 0.481 e. The number of rotatable bonds is 4. The van der Waals surface area contributed by atoms with Crippen molar-refractivity contribution in [1.29, 1.82) is 0 Å². The molecule has 3 rings (SSSR count). The Balaban J connectivity index is 2.08. The van der Waals surface area contributed by atoms with Gasteiger partial charge in [-0.15, -0.1) is 13.2 Å². The molecule has 0 unspecified atom stereocenters. The Morgan fingerprint density at radius 1 is 1.20 bits per heavy atom. The van der Waals surface area contributed by atoms with Gasteiger partial charge in [-0.3, -0.25) is 4.79 Å². The average Bonchev–Trinajstić information content (AvgIpc) is 2.89. The van der Waals surface area contributed by atoms with Gasteiger partial charge in [0.15, 0.2) is 0 Å². The largest absolute Gasteiger partial charge is 0.573 e. The van der Waals surface area contributed by atoms with E-state index in [2.05, 4.69) is 9.72 Å². The number of benzene rings is 2. The van der Waals surface area contributed by atoms with Crippen LogP contribution in [0.1, 0.15) is 5.56 Å². The molecule has 1 heterocycles. The summed E-state index contributed by atoms with van der Waals surface area (Å²) in [7, 11) is 0. The average molecular weight is 353 g/mol. The highest BCUT2D eigenvalue weighted by Gasteiger charge is 2.31. The van der Waals surface area contributed by atoms with E-state index in [1.165, 1.54) is 30.5 Å². The molecule has 2 aromatic carbocycles. The van der Waals surface area contributed by atoms with Gasteiger partial charge in [-0.1, -0.05) is 12.1 Å². The molecule has 4 nitrogen and oxygen atoms in total. The van der Waals surface area contributed by atoms with Gasteiger partial charge < -0.3 is 14.8 Å². The molecule has 0 aliphatic rings. The summed E-state index contributed by atoms with van der Waals surface area (Å²) >= 11 is 0. The number of aromatic amines is 1. The summed E-state index contributed by atoms with van der Waals surface area (Å²) in [6.45, 7) is 0. The third-order valence-electron chi connectivity index (χ3n) is 3.59. The van der Waals surface area contributed by atoms with Gasteiger partial charge in [0.1, 0.15) is 11.6 Å².